The fourth-order valence-corrected chi connectivity index (χ4v) is 3.86. The van der Waals surface area contributed by atoms with Gasteiger partial charge in [0.1, 0.15) is 5.82 Å². The van der Waals surface area contributed by atoms with E-state index in [1.165, 1.54) is 6.07 Å². The van der Waals surface area contributed by atoms with Gasteiger partial charge in [0.25, 0.3) is 5.91 Å². The first-order valence-electron chi connectivity index (χ1n) is 9.03. The van der Waals surface area contributed by atoms with E-state index in [-0.39, 0.29) is 24.0 Å². The van der Waals surface area contributed by atoms with Gasteiger partial charge in [-0.2, -0.15) is 0 Å². The minimum Gasteiger partial charge on any atom is -0.396 e. The number of hydrogen-bond acceptors (Lipinski definition) is 4. The number of piperidine rings is 1. The molecule has 1 amide bonds. The zero-order valence-corrected chi connectivity index (χ0v) is 14.8. The van der Waals surface area contributed by atoms with E-state index in [2.05, 4.69) is 4.90 Å². The van der Waals surface area contributed by atoms with Crippen LogP contribution in [-0.4, -0.2) is 73.4 Å². The molecule has 3 rings (SSSR count). The third-order valence-corrected chi connectivity index (χ3v) is 5.14. The zero-order chi connectivity index (χ0) is 17.8. The summed E-state index contributed by atoms with van der Waals surface area (Å²) in [5.41, 5.74) is 0.917. The second kappa shape index (κ2) is 8.25. The van der Waals surface area contributed by atoms with Gasteiger partial charge in [0.05, 0.1) is 18.8 Å². The standard InChI is InChI=1S/C19H27FN2O3/c1-14-2-3-17(18(20)8-14)19(24)22-11-15(9-16(12-22)13-23)10-21-4-6-25-7-5-21/h2-3,8,15-16,23H,4-7,9-13H2,1H3/t15-,16+/m1/s1. The van der Waals surface area contributed by atoms with Crippen molar-refractivity contribution in [1.82, 2.24) is 9.80 Å². The quantitative estimate of drug-likeness (QED) is 0.895. The van der Waals surface area contributed by atoms with E-state index >= 15 is 0 Å². The number of morpholine rings is 1. The zero-order valence-electron chi connectivity index (χ0n) is 14.8. The lowest BCUT2D eigenvalue weighted by molar-refractivity contribution is 0.0129. The molecule has 25 heavy (non-hydrogen) atoms. The average molecular weight is 350 g/mol. The van der Waals surface area contributed by atoms with Crippen molar-refractivity contribution in [2.45, 2.75) is 13.3 Å². The number of aliphatic hydroxyl groups is 1. The van der Waals surface area contributed by atoms with Crippen molar-refractivity contribution in [3.63, 3.8) is 0 Å². The predicted octanol–water partition coefficient (Wildman–Crippen LogP) is 1.54. The molecule has 0 saturated carbocycles. The first-order valence-corrected chi connectivity index (χ1v) is 9.03. The molecular weight excluding hydrogens is 323 g/mol. The number of amides is 1. The van der Waals surface area contributed by atoms with Crippen molar-refractivity contribution in [3.8, 4) is 0 Å². The highest BCUT2D eigenvalue weighted by molar-refractivity contribution is 5.94. The largest absolute Gasteiger partial charge is 0.396 e. The summed E-state index contributed by atoms with van der Waals surface area (Å²) in [4.78, 5) is 16.9. The van der Waals surface area contributed by atoms with E-state index in [9.17, 15) is 14.3 Å². The third kappa shape index (κ3) is 4.57. The highest BCUT2D eigenvalue weighted by Gasteiger charge is 2.32. The molecule has 2 heterocycles. The van der Waals surface area contributed by atoms with Gasteiger partial charge in [-0.25, -0.2) is 4.39 Å². The molecule has 5 nitrogen and oxygen atoms in total. The summed E-state index contributed by atoms with van der Waals surface area (Å²) in [6.07, 6.45) is 0.897. The molecule has 2 aliphatic heterocycles. The van der Waals surface area contributed by atoms with Crippen molar-refractivity contribution in [2.75, 3.05) is 52.5 Å². The Hall–Kier alpha value is -1.50. The van der Waals surface area contributed by atoms with E-state index in [0.29, 0.717) is 19.0 Å². The second-order valence-electron chi connectivity index (χ2n) is 7.26. The van der Waals surface area contributed by atoms with Gasteiger partial charge < -0.3 is 14.7 Å². The maximum absolute atomic E-state index is 14.2. The molecule has 138 valence electrons. The van der Waals surface area contributed by atoms with Crippen LogP contribution < -0.4 is 0 Å². The van der Waals surface area contributed by atoms with Crippen LogP contribution in [0.1, 0.15) is 22.3 Å². The number of nitrogens with zero attached hydrogens (tertiary/aromatic N) is 2. The Morgan fingerprint density at radius 3 is 2.68 bits per heavy atom. The fraction of sp³-hybridized carbons (Fsp3) is 0.632. The summed E-state index contributed by atoms with van der Waals surface area (Å²) in [5, 5.41) is 9.63. The minimum atomic E-state index is -0.471. The van der Waals surface area contributed by atoms with Crippen molar-refractivity contribution in [2.24, 2.45) is 11.8 Å². The first kappa shape index (κ1) is 18.3. The fourth-order valence-electron chi connectivity index (χ4n) is 3.86. The van der Waals surface area contributed by atoms with Crippen LogP contribution in [0.2, 0.25) is 0 Å². The molecule has 2 aliphatic rings. The average Bonchev–Trinajstić information content (AvgIpc) is 2.62. The molecule has 1 N–H and O–H groups in total. The van der Waals surface area contributed by atoms with Crippen LogP contribution in [0.5, 0.6) is 0 Å². The number of carbonyl (C=O) groups excluding carboxylic acids is 1. The van der Waals surface area contributed by atoms with Gasteiger partial charge in [-0.3, -0.25) is 9.69 Å². The van der Waals surface area contributed by atoms with E-state index in [1.54, 1.807) is 24.0 Å². The van der Waals surface area contributed by atoms with Crippen LogP contribution in [-0.2, 0) is 4.74 Å². The summed E-state index contributed by atoms with van der Waals surface area (Å²) in [5.74, 6) is -0.401. The Balaban J connectivity index is 1.69. The topological polar surface area (TPSA) is 53.0 Å². The normalized spacial score (nSPS) is 25.2. The van der Waals surface area contributed by atoms with Crippen LogP contribution in [0.4, 0.5) is 4.39 Å². The molecule has 6 heteroatoms. The Morgan fingerprint density at radius 2 is 2.00 bits per heavy atom. The Morgan fingerprint density at radius 1 is 1.28 bits per heavy atom. The predicted molar refractivity (Wildman–Crippen MR) is 93.0 cm³/mol. The molecule has 0 bridgehead atoms. The molecule has 2 saturated heterocycles. The van der Waals surface area contributed by atoms with Gasteiger partial charge in [-0.05, 0) is 42.9 Å². The number of aryl methyl sites for hydroxylation is 1. The lowest BCUT2D eigenvalue weighted by Crippen LogP contribution is -2.49. The van der Waals surface area contributed by atoms with E-state index in [0.717, 1.165) is 44.8 Å². The number of carbonyl (C=O) groups is 1. The highest BCUT2D eigenvalue weighted by Crippen LogP contribution is 2.25. The molecule has 0 radical (unpaired) electrons. The number of likely N-dealkylation sites (tertiary alicyclic amines) is 1. The maximum atomic E-state index is 14.2. The van der Waals surface area contributed by atoms with E-state index in [1.807, 2.05) is 0 Å². The van der Waals surface area contributed by atoms with Crippen LogP contribution in [0.3, 0.4) is 0 Å². The summed E-state index contributed by atoms with van der Waals surface area (Å²) >= 11 is 0. The molecule has 1 aromatic rings. The van der Waals surface area contributed by atoms with Gasteiger partial charge in [0.2, 0.25) is 0 Å². The van der Waals surface area contributed by atoms with Crippen LogP contribution >= 0.6 is 0 Å². The summed E-state index contributed by atoms with van der Waals surface area (Å²) in [6, 6.07) is 4.72. The molecule has 0 aliphatic carbocycles. The summed E-state index contributed by atoms with van der Waals surface area (Å²) in [7, 11) is 0. The van der Waals surface area contributed by atoms with Gasteiger partial charge in [0.15, 0.2) is 0 Å². The highest BCUT2D eigenvalue weighted by atomic mass is 19.1. The Bertz CT molecular complexity index is 604. The van der Waals surface area contributed by atoms with Crippen LogP contribution in [0.15, 0.2) is 18.2 Å². The molecule has 2 atom stereocenters. The number of hydrogen-bond donors (Lipinski definition) is 1. The Kier molecular flexibility index (Phi) is 6.04. The smallest absolute Gasteiger partial charge is 0.256 e. The molecule has 1 aromatic carbocycles. The first-order chi connectivity index (χ1) is 12.1. The van der Waals surface area contributed by atoms with Crippen molar-refractivity contribution in [1.29, 1.82) is 0 Å². The van der Waals surface area contributed by atoms with Gasteiger partial charge in [0, 0.05) is 39.3 Å². The number of aliphatic hydroxyl groups excluding tert-OH is 1. The summed E-state index contributed by atoms with van der Waals surface area (Å²) in [6.45, 7) is 7.14. The van der Waals surface area contributed by atoms with Gasteiger partial charge >= 0.3 is 0 Å². The number of benzene rings is 1. The molecule has 0 aromatic heterocycles. The van der Waals surface area contributed by atoms with Gasteiger partial charge in [-0.15, -0.1) is 0 Å². The van der Waals surface area contributed by atoms with Gasteiger partial charge in [-0.1, -0.05) is 6.07 Å². The minimum absolute atomic E-state index is 0.0530. The third-order valence-electron chi connectivity index (χ3n) is 5.14. The monoisotopic (exact) mass is 350 g/mol. The number of ether oxygens (including phenoxy) is 1. The SMILES string of the molecule is Cc1ccc(C(=O)N2C[C@@H](CN3CCOCC3)C[C@H](CO)C2)c(F)c1. The van der Waals surface area contributed by atoms with Crippen LogP contribution in [0.25, 0.3) is 0 Å². The van der Waals surface area contributed by atoms with Crippen molar-refractivity contribution in [3.05, 3.63) is 35.1 Å². The van der Waals surface area contributed by atoms with Crippen molar-refractivity contribution >= 4 is 5.91 Å². The van der Waals surface area contributed by atoms with E-state index < -0.39 is 5.82 Å². The summed E-state index contributed by atoms with van der Waals surface area (Å²) < 4.78 is 19.6. The molecule has 0 unspecified atom stereocenters. The maximum Gasteiger partial charge on any atom is 0.256 e. The van der Waals surface area contributed by atoms with Crippen molar-refractivity contribution < 1.29 is 19.0 Å². The lowest BCUT2D eigenvalue weighted by Gasteiger charge is -2.40. The molecule has 0 spiro atoms. The number of rotatable bonds is 4. The lowest BCUT2D eigenvalue weighted by atomic mass is 9.88. The number of halogens is 1. The van der Waals surface area contributed by atoms with Crippen LogP contribution in [0, 0.1) is 24.6 Å². The molecule has 2 fully saturated rings. The van der Waals surface area contributed by atoms with E-state index in [4.69, 9.17) is 4.74 Å². The Labute approximate surface area is 148 Å². The second-order valence-corrected chi connectivity index (χ2v) is 7.26. The molecular formula is C19H27FN2O3.